The number of hydrogen-bond acceptors (Lipinski definition) is 3. The number of methoxy groups -OCH3 is 1. The Balaban J connectivity index is 1.89. The van der Waals surface area contributed by atoms with Crippen molar-refractivity contribution in [1.29, 1.82) is 0 Å². The van der Waals surface area contributed by atoms with E-state index in [0.29, 0.717) is 11.4 Å². The number of carbonyl (C=O) groups is 2. The van der Waals surface area contributed by atoms with Gasteiger partial charge in [0.25, 0.3) is 0 Å². The van der Waals surface area contributed by atoms with Gasteiger partial charge in [0.2, 0.25) is 11.8 Å². The molecule has 138 valence electrons. The summed E-state index contributed by atoms with van der Waals surface area (Å²) in [7, 11) is 1.60. The number of amides is 2. The fourth-order valence-electron chi connectivity index (χ4n) is 3.23. The smallest absolute Gasteiger partial charge is 0.227 e. The highest BCUT2D eigenvalue weighted by Crippen LogP contribution is 2.31. The molecule has 0 spiro atoms. The minimum absolute atomic E-state index is 0.0182. The Morgan fingerprint density at radius 3 is 2.32 bits per heavy atom. The summed E-state index contributed by atoms with van der Waals surface area (Å²) in [6.45, 7) is 6.06. The second kappa shape index (κ2) is 8.88. The van der Waals surface area contributed by atoms with Gasteiger partial charge < -0.3 is 15.4 Å². The molecule has 1 aliphatic rings. The van der Waals surface area contributed by atoms with Crippen molar-refractivity contribution < 1.29 is 14.3 Å². The minimum atomic E-state index is -0.0436. The van der Waals surface area contributed by atoms with Crippen molar-refractivity contribution >= 4 is 17.5 Å². The van der Waals surface area contributed by atoms with E-state index in [1.165, 1.54) is 0 Å². The van der Waals surface area contributed by atoms with Crippen LogP contribution in [0.2, 0.25) is 0 Å². The summed E-state index contributed by atoms with van der Waals surface area (Å²) in [6.07, 6.45) is 3.97. The first kappa shape index (κ1) is 19.3. The Morgan fingerprint density at radius 2 is 1.76 bits per heavy atom. The molecule has 2 rings (SSSR count). The van der Waals surface area contributed by atoms with Crippen LogP contribution in [-0.4, -0.2) is 25.0 Å². The molecule has 5 heteroatoms. The highest BCUT2D eigenvalue weighted by Gasteiger charge is 2.30. The standard InChI is InChI=1S/C20H30N2O3/c1-5-14(3)21-19(23)15-7-9-16(10-8-15)20(24)22-17-12-13(2)6-11-18(17)25-4/h6,11-12,14-16H,5,7-10H2,1-4H3,(H,21,23)(H,22,24). The first-order valence-corrected chi connectivity index (χ1v) is 9.20. The third-order valence-corrected chi connectivity index (χ3v) is 5.08. The van der Waals surface area contributed by atoms with E-state index in [2.05, 4.69) is 17.6 Å². The van der Waals surface area contributed by atoms with Crippen molar-refractivity contribution in [3.63, 3.8) is 0 Å². The molecule has 1 aliphatic carbocycles. The highest BCUT2D eigenvalue weighted by molar-refractivity contribution is 5.94. The van der Waals surface area contributed by atoms with Gasteiger partial charge in [-0.15, -0.1) is 0 Å². The van der Waals surface area contributed by atoms with Gasteiger partial charge in [-0.25, -0.2) is 0 Å². The van der Waals surface area contributed by atoms with E-state index in [0.717, 1.165) is 37.7 Å². The molecule has 0 aromatic heterocycles. The number of nitrogens with one attached hydrogen (secondary N) is 2. The van der Waals surface area contributed by atoms with Crippen molar-refractivity contribution in [3.8, 4) is 5.75 Å². The molecule has 1 saturated carbocycles. The van der Waals surface area contributed by atoms with Crippen LogP contribution in [0.15, 0.2) is 18.2 Å². The molecule has 0 bridgehead atoms. The van der Waals surface area contributed by atoms with Crippen LogP contribution in [0.4, 0.5) is 5.69 Å². The molecule has 1 unspecified atom stereocenters. The molecule has 1 fully saturated rings. The molecular weight excluding hydrogens is 316 g/mol. The Hall–Kier alpha value is -2.04. The molecule has 1 aromatic carbocycles. The summed E-state index contributed by atoms with van der Waals surface area (Å²) in [4.78, 5) is 24.8. The molecule has 0 saturated heterocycles. The van der Waals surface area contributed by atoms with Crippen molar-refractivity contribution in [1.82, 2.24) is 5.32 Å². The summed E-state index contributed by atoms with van der Waals surface area (Å²) in [6, 6.07) is 5.95. The SMILES string of the molecule is CCC(C)NC(=O)C1CCC(C(=O)Nc2cc(C)ccc2OC)CC1. The Labute approximate surface area is 150 Å². The minimum Gasteiger partial charge on any atom is -0.495 e. The van der Waals surface area contributed by atoms with E-state index in [1.807, 2.05) is 32.0 Å². The predicted octanol–water partition coefficient (Wildman–Crippen LogP) is 3.66. The zero-order chi connectivity index (χ0) is 18.4. The molecule has 1 aromatic rings. The molecule has 2 amide bonds. The van der Waals surface area contributed by atoms with E-state index in [4.69, 9.17) is 4.74 Å². The third-order valence-electron chi connectivity index (χ3n) is 5.08. The van der Waals surface area contributed by atoms with Crippen LogP contribution in [0.1, 0.15) is 51.5 Å². The summed E-state index contributed by atoms with van der Waals surface area (Å²) in [5.41, 5.74) is 1.78. The molecule has 0 aliphatic heterocycles. The van der Waals surface area contributed by atoms with Crippen LogP contribution in [0.5, 0.6) is 5.75 Å². The van der Waals surface area contributed by atoms with Crippen LogP contribution < -0.4 is 15.4 Å². The topological polar surface area (TPSA) is 67.4 Å². The van der Waals surface area contributed by atoms with Gasteiger partial charge in [0, 0.05) is 17.9 Å². The van der Waals surface area contributed by atoms with Gasteiger partial charge in [-0.05, 0) is 63.6 Å². The van der Waals surface area contributed by atoms with Crippen molar-refractivity contribution in [3.05, 3.63) is 23.8 Å². The van der Waals surface area contributed by atoms with Gasteiger partial charge in [0.1, 0.15) is 5.75 Å². The van der Waals surface area contributed by atoms with E-state index >= 15 is 0 Å². The van der Waals surface area contributed by atoms with E-state index in [-0.39, 0.29) is 29.7 Å². The lowest BCUT2D eigenvalue weighted by Crippen LogP contribution is -2.39. The summed E-state index contributed by atoms with van der Waals surface area (Å²) >= 11 is 0. The number of aryl methyl sites for hydroxylation is 1. The Morgan fingerprint density at radius 1 is 1.16 bits per heavy atom. The lowest BCUT2D eigenvalue weighted by Gasteiger charge is -2.28. The van der Waals surface area contributed by atoms with Crippen molar-refractivity contribution in [2.24, 2.45) is 11.8 Å². The molecule has 5 nitrogen and oxygen atoms in total. The first-order chi connectivity index (χ1) is 11.9. The number of rotatable bonds is 6. The van der Waals surface area contributed by atoms with Gasteiger partial charge in [-0.2, -0.15) is 0 Å². The third kappa shape index (κ3) is 5.21. The van der Waals surface area contributed by atoms with Crippen LogP contribution in [-0.2, 0) is 9.59 Å². The zero-order valence-electron chi connectivity index (χ0n) is 15.7. The van der Waals surface area contributed by atoms with E-state index < -0.39 is 0 Å². The predicted molar refractivity (Wildman–Crippen MR) is 99.7 cm³/mol. The maximum absolute atomic E-state index is 12.6. The second-order valence-electron chi connectivity index (χ2n) is 7.06. The first-order valence-electron chi connectivity index (χ1n) is 9.20. The molecular formula is C20H30N2O3. The van der Waals surface area contributed by atoms with Crippen LogP contribution >= 0.6 is 0 Å². The van der Waals surface area contributed by atoms with Crippen LogP contribution in [0, 0.1) is 18.8 Å². The molecule has 25 heavy (non-hydrogen) atoms. The number of benzene rings is 1. The summed E-state index contributed by atoms with van der Waals surface area (Å²) in [5, 5.41) is 6.04. The lowest BCUT2D eigenvalue weighted by molar-refractivity contribution is -0.129. The number of anilines is 1. The molecule has 2 N–H and O–H groups in total. The molecule has 0 radical (unpaired) electrons. The summed E-state index contributed by atoms with van der Waals surface area (Å²) in [5.74, 6) is 0.809. The van der Waals surface area contributed by atoms with Gasteiger partial charge in [-0.1, -0.05) is 13.0 Å². The number of hydrogen-bond donors (Lipinski definition) is 2. The Bertz CT molecular complexity index is 607. The maximum Gasteiger partial charge on any atom is 0.227 e. The van der Waals surface area contributed by atoms with Crippen LogP contribution in [0.3, 0.4) is 0 Å². The average molecular weight is 346 g/mol. The van der Waals surface area contributed by atoms with Gasteiger partial charge in [0.15, 0.2) is 0 Å². The Kier molecular flexibility index (Phi) is 6.85. The average Bonchev–Trinajstić information content (AvgIpc) is 2.61. The quantitative estimate of drug-likeness (QED) is 0.826. The fourth-order valence-corrected chi connectivity index (χ4v) is 3.23. The highest BCUT2D eigenvalue weighted by atomic mass is 16.5. The van der Waals surface area contributed by atoms with Gasteiger partial charge in [0.05, 0.1) is 12.8 Å². The maximum atomic E-state index is 12.6. The van der Waals surface area contributed by atoms with E-state index in [9.17, 15) is 9.59 Å². The number of carbonyl (C=O) groups excluding carboxylic acids is 2. The summed E-state index contributed by atoms with van der Waals surface area (Å²) < 4.78 is 5.32. The van der Waals surface area contributed by atoms with Crippen molar-refractivity contribution in [2.75, 3.05) is 12.4 Å². The monoisotopic (exact) mass is 346 g/mol. The molecule has 0 heterocycles. The van der Waals surface area contributed by atoms with Gasteiger partial charge >= 0.3 is 0 Å². The zero-order valence-corrected chi connectivity index (χ0v) is 15.7. The van der Waals surface area contributed by atoms with Crippen molar-refractivity contribution in [2.45, 2.75) is 58.9 Å². The van der Waals surface area contributed by atoms with E-state index in [1.54, 1.807) is 7.11 Å². The molecule has 1 atom stereocenters. The second-order valence-corrected chi connectivity index (χ2v) is 7.06. The largest absolute Gasteiger partial charge is 0.495 e. The van der Waals surface area contributed by atoms with Crippen LogP contribution in [0.25, 0.3) is 0 Å². The fraction of sp³-hybridized carbons (Fsp3) is 0.600. The normalized spacial score (nSPS) is 21.3. The van der Waals surface area contributed by atoms with Gasteiger partial charge in [-0.3, -0.25) is 9.59 Å². The lowest BCUT2D eigenvalue weighted by atomic mass is 9.81. The number of ether oxygens (including phenoxy) is 1.